The molecule has 0 unspecified atom stereocenters. The van der Waals surface area contributed by atoms with Crippen LogP contribution in [0.1, 0.15) is 25.3 Å². The Balaban J connectivity index is 1.75. The maximum absolute atomic E-state index is 14.3. The molecule has 1 aliphatic carbocycles. The van der Waals surface area contributed by atoms with E-state index in [-0.39, 0.29) is 6.10 Å². The van der Waals surface area contributed by atoms with Crippen molar-refractivity contribution in [1.29, 1.82) is 5.26 Å². The van der Waals surface area contributed by atoms with Crippen LogP contribution in [0.15, 0.2) is 18.2 Å². The molecule has 2 aliphatic rings. The maximum Gasteiger partial charge on any atom is 0.414 e. The fraction of sp³-hybridized carbons (Fsp3) is 0.438. The predicted molar refractivity (Wildman–Crippen MR) is 86.8 cm³/mol. The molecule has 2 fully saturated rings. The minimum absolute atomic E-state index is 0.330. The summed E-state index contributed by atoms with van der Waals surface area (Å²) in [5.41, 5.74) is 0.162. The van der Waals surface area contributed by atoms with E-state index in [2.05, 4.69) is 11.4 Å². The number of thiocarbonyl (C=S) groups is 1. The number of benzene rings is 1. The Morgan fingerprint density at radius 3 is 2.91 bits per heavy atom. The van der Waals surface area contributed by atoms with Crippen molar-refractivity contribution in [3.05, 3.63) is 29.6 Å². The van der Waals surface area contributed by atoms with Gasteiger partial charge in [0.2, 0.25) is 0 Å². The molecular weight excluding hydrogens is 317 g/mol. The van der Waals surface area contributed by atoms with Gasteiger partial charge in [-0.15, -0.1) is 0 Å². The molecule has 0 aromatic heterocycles. The van der Waals surface area contributed by atoms with Gasteiger partial charge >= 0.3 is 6.09 Å². The summed E-state index contributed by atoms with van der Waals surface area (Å²) in [5, 5.41) is 12.1. The fourth-order valence-corrected chi connectivity index (χ4v) is 2.81. The number of cyclic esters (lactones) is 1. The molecule has 1 aliphatic heterocycles. The number of amides is 1. The largest absolute Gasteiger partial charge is 0.442 e. The van der Waals surface area contributed by atoms with E-state index in [1.165, 1.54) is 11.0 Å². The van der Waals surface area contributed by atoms with Crippen molar-refractivity contribution in [2.24, 2.45) is 0 Å². The number of carbonyl (C=O) groups is 1. The van der Waals surface area contributed by atoms with E-state index in [0.717, 1.165) is 0 Å². The fourth-order valence-electron chi connectivity index (χ4n) is 2.72. The van der Waals surface area contributed by atoms with E-state index in [0.29, 0.717) is 42.2 Å². The summed E-state index contributed by atoms with van der Waals surface area (Å²) in [6, 6.07) is 6.74. The Hall–Kier alpha value is -2.20. The third-order valence-electron chi connectivity index (χ3n) is 4.20. The maximum atomic E-state index is 14.3. The van der Waals surface area contributed by atoms with Crippen LogP contribution in [0.3, 0.4) is 0 Å². The molecule has 1 saturated heterocycles. The van der Waals surface area contributed by atoms with Gasteiger partial charge in [-0.1, -0.05) is 18.3 Å². The van der Waals surface area contributed by atoms with Crippen LogP contribution in [0.5, 0.6) is 0 Å². The van der Waals surface area contributed by atoms with Crippen molar-refractivity contribution < 1.29 is 13.9 Å². The van der Waals surface area contributed by atoms with Crippen molar-refractivity contribution in [2.75, 3.05) is 18.0 Å². The summed E-state index contributed by atoms with van der Waals surface area (Å²) < 4.78 is 19.6. The lowest BCUT2D eigenvalue weighted by atomic mass is 9.97. The number of nitrogens with zero attached hydrogens (tertiary/aromatic N) is 2. The Morgan fingerprint density at radius 1 is 1.61 bits per heavy atom. The minimum Gasteiger partial charge on any atom is -0.442 e. The molecule has 1 amide bonds. The number of carbonyl (C=O) groups excluding carboxylic acids is 1. The van der Waals surface area contributed by atoms with Crippen molar-refractivity contribution in [3.63, 3.8) is 0 Å². The molecule has 7 heteroatoms. The third-order valence-corrected chi connectivity index (χ3v) is 4.34. The molecule has 1 aromatic carbocycles. The van der Waals surface area contributed by atoms with E-state index in [1.54, 1.807) is 19.1 Å². The summed E-state index contributed by atoms with van der Waals surface area (Å²) in [7, 11) is 0. The number of nitriles is 1. The van der Waals surface area contributed by atoms with E-state index in [1.807, 2.05) is 0 Å². The number of halogens is 1. The highest BCUT2D eigenvalue weighted by Crippen LogP contribution is 2.48. The van der Waals surface area contributed by atoms with Crippen LogP contribution in [0.25, 0.3) is 0 Å². The van der Waals surface area contributed by atoms with Crippen LogP contribution in [0, 0.1) is 17.1 Å². The second kappa shape index (κ2) is 5.78. The average molecular weight is 333 g/mol. The number of ether oxygens (including phenoxy) is 1. The van der Waals surface area contributed by atoms with Gasteiger partial charge in [-0.3, -0.25) is 4.90 Å². The molecule has 1 heterocycles. The van der Waals surface area contributed by atoms with E-state index in [9.17, 15) is 14.4 Å². The highest BCUT2D eigenvalue weighted by Gasteiger charge is 2.47. The Morgan fingerprint density at radius 2 is 2.35 bits per heavy atom. The molecule has 1 N–H and O–H groups in total. The average Bonchev–Trinajstić information content (AvgIpc) is 3.22. The van der Waals surface area contributed by atoms with Gasteiger partial charge in [0.05, 0.1) is 35.2 Å². The number of hydrogen-bond donors (Lipinski definition) is 1. The highest BCUT2D eigenvalue weighted by atomic mass is 32.1. The molecule has 3 rings (SSSR count). The second-order valence-corrected chi connectivity index (χ2v) is 6.52. The van der Waals surface area contributed by atoms with Crippen molar-refractivity contribution in [1.82, 2.24) is 5.32 Å². The summed E-state index contributed by atoms with van der Waals surface area (Å²) in [6.07, 6.45) is 0.510. The number of hydrogen-bond acceptors (Lipinski definition) is 4. The van der Waals surface area contributed by atoms with Gasteiger partial charge in [0.1, 0.15) is 11.9 Å². The molecule has 0 radical (unpaired) electrons. The van der Waals surface area contributed by atoms with Gasteiger partial charge < -0.3 is 10.1 Å². The monoisotopic (exact) mass is 333 g/mol. The standard InChI is InChI=1S/C16H16FN3O2S/c1-10(23)19-7-12-8-20(15(21)22-12)11-2-3-13(14(17)6-11)16(9-18)4-5-16/h2-3,6,12H,4-5,7-8H2,1H3,(H,19,23)/t12-/m0/s1. The van der Waals surface area contributed by atoms with Crippen LogP contribution >= 0.6 is 12.2 Å². The lowest BCUT2D eigenvalue weighted by molar-refractivity contribution is 0.143. The molecule has 0 bridgehead atoms. The lowest BCUT2D eigenvalue weighted by Gasteiger charge is -2.15. The first-order valence-electron chi connectivity index (χ1n) is 7.39. The predicted octanol–water partition coefficient (Wildman–Crippen LogP) is 2.64. The van der Waals surface area contributed by atoms with E-state index in [4.69, 9.17) is 17.0 Å². The normalized spacial score (nSPS) is 21.5. The molecule has 0 spiro atoms. The van der Waals surface area contributed by atoms with Crippen molar-refractivity contribution in [2.45, 2.75) is 31.3 Å². The quantitative estimate of drug-likeness (QED) is 0.858. The van der Waals surface area contributed by atoms with Crippen LogP contribution in [0.2, 0.25) is 0 Å². The summed E-state index contributed by atoms with van der Waals surface area (Å²) in [4.78, 5) is 14.0. The van der Waals surface area contributed by atoms with Gasteiger partial charge in [0.25, 0.3) is 0 Å². The topological polar surface area (TPSA) is 65.4 Å². The zero-order chi connectivity index (χ0) is 16.6. The van der Waals surface area contributed by atoms with Gasteiger partial charge in [-0.2, -0.15) is 5.26 Å². The van der Waals surface area contributed by atoms with Crippen molar-refractivity contribution in [3.8, 4) is 6.07 Å². The molecule has 5 nitrogen and oxygen atoms in total. The second-order valence-electron chi connectivity index (χ2n) is 5.91. The van der Waals surface area contributed by atoms with Crippen LogP contribution in [0.4, 0.5) is 14.9 Å². The zero-order valence-electron chi connectivity index (χ0n) is 12.6. The number of anilines is 1. The summed E-state index contributed by atoms with van der Waals surface area (Å²) >= 11 is 4.93. The zero-order valence-corrected chi connectivity index (χ0v) is 13.5. The molecule has 23 heavy (non-hydrogen) atoms. The van der Waals surface area contributed by atoms with Crippen LogP contribution in [-0.2, 0) is 10.2 Å². The molecular formula is C16H16FN3O2S. The van der Waals surface area contributed by atoms with Crippen LogP contribution in [-0.4, -0.2) is 30.3 Å². The SMILES string of the molecule is CC(=S)NC[C@H]1CN(c2ccc(C3(C#N)CC3)c(F)c2)C(=O)O1. The summed E-state index contributed by atoms with van der Waals surface area (Å²) in [6.45, 7) is 2.51. The van der Waals surface area contributed by atoms with Gasteiger partial charge in [0, 0.05) is 5.56 Å². The first kappa shape index (κ1) is 15.7. The van der Waals surface area contributed by atoms with E-state index >= 15 is 0 Å². The van der Waals surface area contributed by atoms with Gasteiger partial charge in [-0.25, -0.2) is 9.18 Å². The molecule has 120 valence electrons. The smallest absolute Gasteiger partial charge is 0.414 e. The van der Waals surface area contributed by atoms with Crippen molar-refractivity contribution >= 4 is 29.0 Å². The number of nitrogens with one attached hydrogen (secondary N) is 1. The third kappa shape index (κ3) is 2.99. The van der Waals surface area contributed by atoms with Gasteiger partial charge in [-0.05, 0) is 31.9 Å². The van der Waals surface area contributed by atoms with E-state index < -0.39 is 17.3 Å². The first-order chi connectivity index (χ1) is 10.9. The first-order valence-corrected chi connectivity index (χ1v) is 7.80. The van der Waals surface area contributed by atoms with Gasteiger partial charge in [0.15, 0.2) is 0 Å². The molecule has 1 saturated carbocycles. The minimum atomic E-state index is -0.683. The molecule has 1 atom stereocenters. The lowest BCUT2D eigenvalue weighted by Crippen LogP contribution is -2.32. The Labute approximate surface area is 139 Å². The Kier molecular flexibility index (Phi) is 3.94. The van der Waals surface area contributed by atoms with Crippen LogP contribution < -0.4 is 10.2 Å². The Bertz CT molecular complexity index is 712. The summed E-state index contributed by atoms with van der Waals surface area (Å²) in [5.74, 6) is -0.453. The number of rotatable bonds is 4. The highest BCUT2D eigenvalue weighted by molar-refractivity contribution is 7.80. The molecule has 1 aromatic rings.